The molecule has 0 radical (unpaired) electrons. The van der Waals surface area contributed by atoms with Gasteiger partial charge >= 0.3 is 0 Å². The van der Waals surface area contributed by atoms with Crippen LogP contribution in [0.2, 0.25) is 0 Å². The lowest BCUT2D eigenvalue weighted by Gasteiger charge is -2.13. The average Bonchev–Trinajstić information content (AvgIpc) is 3.16. The summed E-state index contributed by atoms with van der Waals surface area (Å²) >= 11 is 0. The number of pyridine rings is 2. The minimum absolute atomic E-state index is 0.177. The number of carbonyl (C=O) groups excluding carboxylic acids is 1. The Kier molecular flexibility index (Phi) is 5.49. The number of anilines is 1. The van der Waals surface area contributed by atoms with Crippen LogP contribution in [0.4, 0.5) is 5.69 Å². The summed E-state index contributed by atoms with van der Waals surface area (Å²) in [5.74, 6) is 0.314. The van der Waals surface area contributed by atoms with Gasteiger partial charge in [-0.1, -0.05) is 18.2 Å². The van der Waals surface area contributed by atoms with E-state index in [1.807, 2.05) is 24.4 Å². The third-order valence-corrected chi connectivity index (χ3v) is 4.53. The Labute approximate surface area is 168 Å². The van der Waals surface area contributed by atoms with Gasteiger partial charge in [-0.15, -0.1) is 0 Å². The molecule has 1 amide bonds. The molecule has 0 saturated carbocycles. The second-order valence-electron chi connectivity index (χ2n) is 6.73. The third-order valence-electron chi connectivity index (χ3n) is 4.53. The summed E-state index contributed by atoms with van der Waals surface area (Å²) in [5.41, 5.74) is 9.59. The quantitative estimate of drug-likeness (QED) is 0.452. The number of ether oxygens (including phenoxy) is 1. The van der Waals surface area contributed by atoms with Crippen LogP contribution in [-0.2, 0) is 6.42 Å². The Bertz CT molecular complexity index is 1110. The molecule has 7 heteroatoms. The average molecular weight is 387 g/mol. The normalized spacial score (nSPS) is 11.9. The lowest BCUT2D eigenvalue weighted by atomic mass is 10.1. The molecule has 3 aromatic heterocycles. The maximum Gasteiger partial charge on any atom is 0.255 e. The molecule has 0 aliphatic heterocycles. The van der Waals surface area contributed by atoms with E-state index in [1.165, 1.54) is 5.39 Å². The van der Waals surface area contributed by atoms with Crippen molar-refractivity contribution in [1.29, 1.82) is 0 Å². The highest BCUT2D eigenvalue weighted by atomic mass is 16.5. The van der Waals surface area contributed by atoms with Gasteiger partial charge in [0.05, 0.1) is 18.1 Å². The van der Waals surface area contributed by atoms with Crippen molar-refractivity contribution < 1.29 is 9.53 Å². The monoisotopic (exact) mass is 387 g/mol. The van der Waals surface area contributed by atoms with Crippen LogP contribution in [-0.4, -0.2) is 33.5 Å². The molecule has 146 valence electrons. The van der Waals surface area contributed by atoms with Crippen LogP contribution in [0.15, 0.2) is 73.4 Å². The summed E-state index contributed by atoms with van der Waals surface area (Å²) < 4.78 is 5.80. The third kappa shape index (κ3) is 4.59. The Morgan fingerprint density at radius 3 is 2.83 bits per heavy atom. The molecule has 7 nitrogen and oxygen atoms in total. The Hall–Kier alpha value is -3.71. The highest BCUT2D eigenvalue weighted by Crippen LogP contribution is 2.20. The van der Waals surface area contributed by atoms with E-state index in [0.717, 1.165) is 11.1 Å². The van der Waals surface area contributed by atoms with Gasteiger partial charge in [-0.2, -0.15) is 0 Å². The number of amides is 1. The Morgan fingerprint density at radius 2 is 1.97 bits per heavy atom. The number of rotatable bonds is 7. The van der Waals surface area contributed by atoms with Crippen molar-refractivity contribution in [1.82, 2.24) is 15.0 Å². The van der Waals surface area contributed by atoms with Crippen molar-refractivity contribution in [2.45, 2.75) is 12.5 Å². The fraction of sp³-hybridized carbons (Fsp3) is 0.136. The molecule has 0 spiro atoms. The highest BCUT2D eigenvalue weighted by Gasteiger charge is 2.11. The first-order chi connectivity index (χ1) is 14.2. The first-order valence-corrected chi connectivity index (χ1v) is 9.29. The van der Waals surface area contributed by atoms with Crippen molar-refractivity contribution >= 4 is 22.5 Å². The highest BCUT2D eigenvalue weighted by molar-refractivity contribution is 6.04. The molecule has 0 saturated heterocycles. The van der Waals surface area contributed by atoms with Crippen molar-refractivity contribution in [2.24, 2.45) is 5.73 Å². The molecule has 29 heavy (non-hydrogen) atoms. The zero-order valence-electron chi connectivity index (χ0n) is 15.7. The van der Waals surface area contributed by atoms with Crippen LogP contribution in [0.5, 0.6) is 5.75 Å². The van der Waals surface area contributed by atoms with Gasteiger partial charge in [-0.25, -0.2) is 0 Å². The van der Waals surface area contributed by atoms with Crippen LogP contribution in [0.25, 0.3) is 10.9 Å². The van der Waals surface area contributed by atoms with E-state index in [4.69, 9.17) is 10.5 Å². The predicted octanol–water partition coefficient (Wildman–Crippen LogP) is 3.16. The molecule has 1 atom stereocenters. The molecule has 3 heterocycles. The SMILES string of the molecule is N[C@H](COc1cncc(NC(=O)c2ccncc2)c1)Cc1c[nH]c2ccccc12. The summed E-state index contributed by atoms with van der Waals surface area (Å²) in [5, 5.41) is 3.97. The van der Waals surface area contributed by atoms with Crippen LogP contribution in [0.1, 0.15) is 15.9 Å². The minimum Gasteiger partial charge on any atom is -0.490 e. The van der Waals surface area contributed by atoms with E-state index in [2.05, 4.69) is 26.3 Å². The smallest absolute Gasteiger partial charge is 0.255 e. The second kappa shape index (κ2) is 8.53. The molecule has 0 bridgehead atoms. The number of fused-ring (bicyclic) bond motifs is 1. The topological polar surface area (TPSA) is 106 Å². The van der Waals surface area contributed by atoms with Gasteiger partial charge < -0.3 is 20.8 Å². The van der Waals surface area contributed by atoms with Gasteiger partial charge in [0.25, 0.3) is 5.91 Å². The van der Waals surface area contributed by atoms with E-state index < -0.39 is 0 Å². The summed E-state index contributed by atoms with van der Waals surface area (Å²) in [4.78, 5) is 23.5. The number of aromatic nitrogens is 3. The summed E-state index contributed by atoms with van der Waals surface area (Å²) in [6, 6.07) is 13.0. The number of H-pyrrole nitrogens is 1. The van der Waals surface area contributed by atoms with E-state index in [1.54, 1.807) is 43.0 Å². The summed E-state index contributed by atoms with van der Waals surface area (Å²) in [6.45, 7) is 0.336. The largest absolute Gasteiger partial charge is 0.490 e. The Balaban J connectivity index is 1.35. The lowest BCUT2D eigenvalue weighted by molar-refractivity contribution is 0.102. The molecule has 1 aromatic carbocycles. The number of para-hydroxylation sites is 1. The van der Waals surface area contributed by atoms with E-state index in [0.29, 0.717) is 30.0 Å². The number of nitrogens with zero attached hydrogens (tertiary/aromatic N) is 2. The number of hydrogen-bond donors (Lipinski definition) is 3. The van der Waals surface area contributed by atoms with Crippen LogP contribution >= 0.6 is 0 Å². The number of carbonyl (C=O) groups is 1. The number of hydrogen-bond acceptors (Lipinski definition) is 5. The van der Waals surface area contributed by atoms with E-state index in [9.17, 15) is 4.79 Å². The standard InChI is InChI=1S/C22H21N5O2/c23-17(9-16-11-26-21-4-2-1-3-20(16)21)14-29-19-10-18(12-25-13-19)27-22(28)15-5-7-24-8-6-15/h1-8,10-13,17,26H,9,14,23H2,(H,27,28)/t17-/m0/s1. The first-order valence-electron chi connectivity index (χ1n) is 9.29. The van der Waals surface area contributed by atoms with Gasteiger partial charge in [0, 0.05) is 47.2 Å². The fourth-order valence-corrected chi connectivity index (χ4v) is 3.12. The van der Waals surface area contributed by atoms with Crippen molar-refractivity contribution in [3.63, 3.8) is 0 Å². The molecule has 4 aromatic rings. The fourth-order valence-electron chi connectivity index (χ4n) is 3.12. The lowest BCUT2D eigenvalue weighted by Crippen LogP contribution is -2.30. The van der Waals surface area contributed by atoms with Gasteiger partial charge in [0.2, 0.25) is 0 Å². The first kappa shape index (κ1) is 18.6. The van der Waals surface area contributed by atoms with Crippen molar-refractivity contribution in [2.75, 3.05) is 11.9 Å². The molecular formula is C22H21N5O2. The van der Waals surface area contributed by atoms with E-state index in [-0.39, 0.29) is 11.9 Å². The van der Waals surface area contributed by atoms with Crippen LogP contribution < -0.4 is 15.8 Å². The molecule has 4 N–H and O–H groups in total. The van der Waals surface area contributed by atoms with Crippen molar-refractivity contribution in [3.8, 4) is 5.75 Å². The predicted molar refractivity (Wildman–Crippen MR) is 112 cm³/mol. The van der Waals surface area contributed by atoms with Gasteiger partial charge in [0.1, 0.15) is 12.4 Å². The van der Waals surface area contributed by atoms with Crippen molar-refractivity contribution in [3.05, 3.63) is 84.6 Å². The molecule has 4 rings (SSSR count). The molecule has 0 aliphatic carbocycles. The molecular weight excluding hydrogens is 366 g/mol. The summed E-state index contributed by atoms with van der Waals surface area (Å²) in [7, 11) is 0. The zero-order chi connectivity index (χ0) is 20.1. The van der Waals surface area contributed by atoms with Gasteiger partial charge in [-0.3, -0.25) is 14.8 Å². The number of aromatic amines is 1. The van der Waals surface area contributed by atoms with E-state index >= 15 is 0 Å². The van der Waals surface area contributed by atoms with Crippen LogP contribution in [0, 0.1) is 0 Å². The summed E-state index contributed by atoms with van der Waals surface area (Å²) in [6.07, 6.45) is 8.99. The molecule has 0 unspecified atom stereocenters. The molecule has 0 aliphatic rings. The minimum atomic E-state index is -0.234. The maximum absolute atomic E-state index is 12.2. The zero-order valence-corrected chi connectivity index (χ0v) is 15.7. The van der Waals surface area contributed by atoms with Gasteiger partial charge in [0.15, 0.2) is 0 Å². The number of nitrogens with two attached hydrogens (primary N) is 1. The second-order valence-corrected chi connectivity index (χ2v) is 6.73. The number of nitrogens with one attached hydrogen (secondary N) is 2. The van der Waals surface area contributed by atoms with Gasteiger partial charge in [-0.05, 0) is 30.2 Å². The maximum atomic E-state index is 12.2. The Morgan fingerprint density at radius 1 is 1.14 bits per heavy atom. The molecule has 0 fully saturated rings. The van der Waals surface area contributed by atoms with Crippen LogP contribution in [0.3, 0.4) is 0 Å². The number of benzene rings is 1.